The number of amides is 1. The van der Waals surface area contributed by atoms with Crippen LogP contribution in [0.3, 0.4) is 0 Å². The van der Waals surface area contributed by atoms with Gasteiger partial charge in [-0.1, -0.05) is 29.8 Å². The minimum atomic E-state index is 0.0186. The lowest BCUT2D eigenvalue weighted by Gasteiger charge is -2.06. The van der Waals surface area contributed by atoms with E-state index in [1.807, 2.05) is 31.2 Å². The third-order valence-corrected chi connectivity index (χ3v) is 2.39. The summed E-state index contributed by atoms with van der Waals surface area (Å²) in [5.74, 6) is 0.502. The number of hydrogen-bond donors (Lipinski definition) is 1. The van der Waals surface area contributed by atoms with Crippen LogP contribution in [0.1, 0.15) is 11.1 Å². The van der Waals surface area contributed by atoms with Crippen LogP contribution in [0.5, 0.6) is 0 Å². The van der Waals surface area contributed by atoms with E-state index in [0.717, 1.165) is 5.56 Å². The Bertz CT molecular complexity index is 355. The molecule has 0 saturated heterocycles. The van der Waals surface area contributed by atoms with Crippen molar-refractivity contribution in [2.24, 2.45) is 0 Å². The minimum Gasteiger partial charge on any atom is -0.378 e. The molecule has 0 aliphatic carbocycles. The van der Waals surface area contributed by atoms with Gasteiger partial charge in [0.1, 0.15) is 0 Å². The number of benzene rings is 1. The highest BCUT2D eigenvalue weighted by Gasteiger charge is 2.02. The van der Waals surface area contributed by atoms with E-state index in [2.05, 4.69) is 5.32 Å². The number of carbonyl (C=O) groups excluding carboxylic acids is 1. The van der Waals surface area contributed by atoms with Gasteiger partial charge in [-0.25, -0.2) is 0 Å². The summed E-state index contributed by atoms with van der Waals surface area (Å²) in [7, 11) is 0. The smallest absolute Gasteiger partial charge is 0.224 e. The highest BCUT2D eigenvalue weighted by Crippen LogP contribution is 2.04. The van der Waals surface area contributed by atoms with E-state index in [1.165, 1.54) is 5.56 Å². The number of halogens is 1. The Kier molecular flexibility index (Phi) is 6.67. The third kappa shape index (κ3) is 6.29. The molecule has 0 bridgehead atoms. The normalized spacial score (nSPS) is 10.2. The summed E-state index contributed by atoms with van der Waals surface area (Å²) in [5.41, 5.74) is 2.20. The van der Waals surface area contributed by atoms with E-state index in [9.17, 15) is 4.79 Å². The second-order valence-corrected chi connectivity index (χ2v) is 4.20. The second-order valence-electron chi connectivity index (χ2n) is 3.82. The van der Waals surface area contributed by atoms with Crippen molar-refractivity contribution >= 4 is 17.5 Å². The van der Waals surface area contributed by atoms with Gasteiger partial charge in [0, 0.05) is 12.4 Å². The molecule has 0 aromatic heterocycles. The predicted molar refractivity (Wildman–Crippen MR) is 69.4 cm³/mol. The van der Waals surface area contributed by atoms with Gasteiger partial charge in [-0.05, 0) is 12.5 Å². The van der Waals surface area contributed by atoms with E-state index in [0.29, 0.717) is 32.1 Å². The molecule has 1 aromatic rings. The summed E-state index contributed by atoms with van der Waals surface area (Å²) >= 11 is 5.45. The average Bonchev–Trinajstić information content (AvgIpc) is 2.29. The molecular formula is C13H18ClNO2. The summed E-state index contributed by atoms with van der Waals surface area (Å²) in [6, 6.07) is 7.95. The maximum atomic E-state index is 11.6. The molecule has 0 saturated carbocycles. The van der Waals surface area contributed by atoms with Crippen molar-refractivity contribution < 1.29 is 9.53 Å². The molecule has 4 heteroatoms. The Morgan fingerprint density at radius 3 is 2.94 bits per heavy atom. The molecule has 0 fully saturated rings. The molecule has 1 aromatic carbocycles. The summed E-state index contributed by atoms with van der Waals surface area (Å²) in [5, 5.41) is 2.80. The molecule has 0 aliphatic heterocycles. The first-order valence-electron chi connectivity index (χ1n) is 5.68. The van der Waals surface area contributed by atoms with Crippen LogP contribution in [0.2, 0.25) is 0 Å². The Morgan fingerprint density at radius 1 is 1.41 bits per heavy atom. The predicted octanol–water partition coefficient (Wildman–Crippen LogP) is 1.91. The summed E-state index contributed by atoms with van der Waals surface area (Å²) in [4.78, 5) is 11.6. The second kappa shape index (κ2) is 8.09. The Hall–Kier alpha value is -1.06. The Morgan fingerprint density at radius 2 is 2.24 bits per heavy atom. The molecule has 0 atom stereocenters. The van der Waals surface area contributed by atoms with Crippen LogP contribution in [0.25, 0.3) is 0 Å². The van der Waals surface area contributed by atoms with Gasteiger partial charge in [-0.2, -0.15) is 0 Å². The number of ether oxygens (including phenoxy) is 1. The topological polar surface area (TPSA) is 38.3 Å². The maximum absolute atomic E-state index is 11.6. The molecule has 0 heterocycles. The van der Waals surface area contributed by atoms with Crippen LogP contribution in [0, 0.1) is 6.92 Å². The Labute approximate surface area is 107 Å². The van der Waals surface area contributed by atoms with Gasteiger partial charge in [0.05, 0.1) is 19.6 Å². The van der Waals surface area contributed by atoms with E-state index in [1.54, 1.807) is 0 Å². The Balaban J connectivity index is 2.21. The monoisotopic (exact) mass is 255 g/mol. The lowest BCUT2D eigenvalue weighted by molar-refractivity contribution is -0.120. The molecule has 1 N–H and O–H groups in total. The fourth-order valence-electron chi connectivity index (χ4n) is 1.49. The van der Waals surface area contributed by atoms with Crippen LogP contribution in [-0.4, -0.2) is 31.5 Å². The van der Waals surface area contributed by atoms with E-state index in [-0.39, 0.29) is 5.91 Å². The van der Waals surface area contributed by atoms with Crippen LogP contribution in [0.4, 0.5) is 0 Å². The van der Waals surface area contributed by atoms with Crippen molar-refractivity contribution in [2.75, 3.05) is 25.6 Å². The minimum absolute atomic E-state index is 0.0186. The van der Waals surface area contributed by atoms with Crippen LogP contribution < -0.4 is 5.32 Å². The third-order valence-electron chi connectivity index (χ3n) is 2.24. The summed E-state index contributed by atoms with van der Waals surface area (Å²) in [6.07, 6.45) is 0.414. The lowest BCUT2D eigenvalue weighted by atomic mass is 10.1. The van der Waals surface area contributed by atoms with Crippen molar-refractivity contribution in [1.29, 1.82) is 0 Å². The van der Waals surface area contributed by atoms with Gasteiger partial charge in [-0.3, -0.25) is 4.79 Å². The number of carbonyl (C=O) groups is 1. The maximum Gasteiger partial charge on any atom is 0.224 e. The molecular weight excluding hydrogens is 238 g/mol. The molecule has 3 nitrogen and oxygen atoms in total. The van der Waals surface area contributed by atoms with Gasteiger partial charge in [0.25, 0.3) is 0 Å². The van der Waals surface area contributed by atoms with Crippen molar-refractivity contribution in [3.05, 3.63) is 35.4 Å². The van der Waals surface area contributed by atoms with Gasteiger partial charge in [0.15, 0.2) is 0 Å². The van der Waals surface area contributed by atoms with Crippen LogP contribution >= 0.6 is 11.6 Å². The van der Waals surface area contributed by atoms with Crippen LogP contribution in [-0.2, 0) is 16.0 Å². The van der Waals surface area contributed by atoms with Gasteiger partial charge < -0.3 is 10.1 Å². The number of rotatable bonds is 7. The molecule has 0 unspecified atom stereocenters. The zero-order chi connectivity index (χ0) is 12.5. The summed E-state index contributed by atoms with van der Waals surface area (Å²) < 4.78 is 5.16. The van der Waals surface area contributed by atoms with Crippen molar-refractivity contribution in [2.45, 2.75) is 13.3 Å². The highest BCUT2D eigenvalue weighted by molar-refractivity contribution is 6.17. The zero-order valence-electron chi connectivity index (χ0n) is 10.0. The SMILES string of the molecule is Cc1cccc(CC(=O)NCCOCCCl)c1. The largest absolute Gasteiger partial charge is 0.378 e. The first-order valence-corrected chi connectivity index (χ1v) is 6.22. The van der Waals surface area contributed by atoms with Crippen molar-refractivity contribution in [3.63, 3.8) is 0 Å². The van der Waals surface area contributed by atoms with Gasteiger partial charge >= 0.3 is 0 Å². The molecule has 0 radical (unpaired) electrons. The van der Waals surface area contributed by atoms with E-state index < -0.39 is 0 Å². The first kappa shape index (κ1) is 14.0. The van der Waals surface area contributed by atoms with Crippen molar-refractivity contribution in [3.8, 4) is 0 Å². The zero-order valence-corrected chi connectivity index (χ0v) is 10.8. The number of aryl methyl sites for hydroxylation is 1. The number of hydrogen-bond acceptors (Lipinski definition) is 2. The van der Waals surface area contributed by atoms with Crippen molar-refractivity contribution in [1.82, 2.24) is 5.32 Å². The number of nitrogens with one attached hydrogen (secondary N) is 1. The first-order chi connectivity index (χ1) is 8.22. The fourth-order valence-corrected chi connectivity index (χ4v) is 1.60. The lowest BCUT2D eigenvalue weighted by Crippen LogP contribution is -2.28. The van der Waals surface area contributed by atoms with E-state index in [4.69, 9.17) is 16.3 Å². The van der Waals surface area contributed by atoms with E-state index >= 15 is 0 Å². The van der Waals surface area contributed by atoms with Crippen LogP contribution in [0.15, 0.2) is 24.3 Å². The standard InChI is InChI=1S/C13H18ClNO2/c1-11-3-2-4-12(9-11)10-13(16)15-6-8-17-7-5-14/h2-4,9H,5-8,10H2,1H3,(H,15,16). The van der Waals surface area contributed by atoms with Gasteiger partial charge in [-0.15, -0.1) is 11.6 Å². The molecule has 0 aliphatic rings. The van der Waals surface area contributed by atoms with Gasteiger partial charge in [0.2, 0.25) is 5.91 Å². The highest BCUT2D eigenvalue weighted by atomic mass is 35.5. The molecule has 17 heavy (non-hydrogen) atoms. The fraction of sp³-hybridized carbons (Fsp3) is 0.462. The average molecular weight is 256 g/mol. The molecule has 1 rings (SSSR count). The molecule has 94 valence electrons. The quantitative estimate of drug-likeness (QED) is 0.597. The molecule has 1 amide bonds. The number of alkyl halides is 1. The molecule has 0 spiro atoms. The summed E-state index contributed by atoms with van der Waals surface area (Å²) in [6.45, 7) is 3.57.